The Morgan fingerprint density at radius 3 is 0.964 bits per heavy atom. The largest absolute Gasteiger partial charge is 0.545 e. The number of unbranched alkanes of at least 4 members (excludes halogenated alkanes) is 26. The van der Waals surface area contributed by atoms with Crippen LogP contribution in [0.3, 0.4) is 0 Å². The molecule has 0 fully saturated rings. The van der Waals surface area contributed by atoms with Gasteiger partial charge < -0.3 is 33.3 Å². The van der Waals surface area contributed by atoms with E-state index < -0.39 is 24.3 Å². The standard InChI is InChI=1S/C74H125NO8/c1-6-8-10-12-14-16-18-20-22-24-26-28-30-32-33-34-35-36-37-38-39-41-43-45-47-49-51-53-55-57-59-61-63-65-72(77)83-70(69-82-74(73(78)79)80-67-66-75(3,4)5)68-81-71(76)64-62-60-58-56-54-52-50-48-46-44-42-40-31-29-27-25-23-21-19-17-15-13-11-9-7-2/h8-11,14-17,20-23,26-29,32-33,40,42,70,74H,6-7,12-13,18-19,24-25,30-31,34-39,41,43-69H2,1-5H3/b10-8-,11-9-,16-14-,17-15-,22-20-,23-21-,28-26-,29-27-,33-32-,42-40-. The first-order valence-electron chi connectivity index (χ1n) is 33.7. The average molecular weight is 1160 g/mol. The summed E-state index contributed by atoms with van der Waals surface area (Å²) in [6.07, 6.45) is 86.9. The van der Waals surface area contributed by atoms with E-state index in [4.69, 9.17) is 18.9 Å². The molecule has 83 heavy (non-hydrogen) atoms. The van der Waals surface area contributed by atoms with Gasteiger partial charge in [-0.3, -0.25) is 9.59 Å². The van der Waals surface area contributed by atoms with E-state index in [2.05, 4.69) is 135 Å². The van der Waals surface area contributed by atoms with Crippen LogP contribution in [0.15, 0.2) is 122 Å². The second-order valence-electron chi connectivity index (χ2n) is 23.3. The van der Waals surface area contributed by atoms with Crippen LogP contribution in [-0.2, 0) is 33.3 Å². The molecule has 0 N–H and O–H groups in total. The molecule has 474 valence electrons. The summed E-state index contributed by atoms with van der Waals surface area (Å²) in [6.45, 7) is 4.53. The van der Waals surface area contributed by atoms with Gasteiger partial charge in [-0.15, -0.1) is 0 Å². The smallest absolute Gasteiger partial charge is 0.306 e. The van der Waals surface area contributed by atoms with Crippen molar-refractivity contribution >= 4 is 17.9 Å². The van der Waals surface area contributed by atoms with Gasteiger partial charge in [-0.1, -0.05) is 277 Å². The van der Waals surface area contributed by atoms with E-state index in [9.17, 15) is 19.5 Å². The van der Waals surface area contributed by atoms with Gasteiger partial charge in [0.25, 0.3) is 0 Å². The molecule has 0 aliphatic carbocycles. The molecular formula is C74H125NO8. The zero-order valence-electron chi connectivity index (χ0n) is 54.0. The second-order valence-corrected chi connectivity index (χ2v) is 23.3. The van der Waals surface area contributed by atoms with Crippen LogP contribution >= 0.6 is 0 Å². The Labute approximate surface area is 510 Å². The van der Waals surface area contributed by atoms with Crippen molar-refractivity contribution in [3.63, 3.8) is 0 Å². The van der Waals surface area contributed by atoms with E-state index in [1.807, 2.05) is 21.1 Å². The van der Waals surface area contributed by atoms with Crippen LogP contribution in [0.1, 0.15) is 271 Å². The third-order valence-electron chi connectivity index (χ3n) is 14.2. The van der Waals surface area contributed by atoms with Gasteiger partial charge in [0, 0.05) is 12.8 Å². The Hall–Kier alpha value is -4.31. The second kappa shape index (κ2) is 63.7. The summed E-state index contributed by atoms with van der Waals surface area (Å²) in [7, 11) is 5.92. The third kappa shape index (κ3) is 65.1. The maximum atomic E-state index is 12.9. The minimum absolute atomic E-state index is 0.142. The molecule has 0 radical (unpaired) electrons. The number of ether oxygens (including phenoxy) is 4. The Bertz CT molecular complexity index is 1780. The Balaban J connectivity index is 4.15. The number of allylic oxidation sites excluding steroid dienone is 20. The van der Waals surface area contributed by atoms with E-state index in [1.165, 1.54) is 122 Å². The van der Waals surface area contributed by atoms with Crippen LogP contribution in [0.2, 0.25) is 0 Å². The fraction of sp³-hybridized carbons (Fsp3) is 0.689. The topological polar surface area (TPSA) is 111 Å². The SMILES string of the molecule is CC/C=C\C/C=C\C/C=C\C/C=C\C/C=C\CCCCCCCCCCCCCCCCCCCC(=O)OC(COC(=O)CCCCCCCCCCC/C=C\C/C=C\C/C=C\C/C=C\C/C=C\CC)COC(OCC[N+](C)(C)C)C(=O)[O-]. The number of carbonyl (C=O) groups excluding carboxylic acids is 3. The van der Waals surface area contributed by atoms with E-state index >= 15 is 0 Å². The van der Waals surface area contributed by atoms with Gasteiger partial charge in [0.1, 0.15) is 13.2 Å². The van der Waals surface area contributed by atoms with Crippen molar-refractivity contribution in [2.75, 3.05) is 47.5 Å². The highest BCUT2D eigenvalue weighted by molar-refractivity contribution is 5.70. The van der Waals surface area contributed by atoms with Crippen LogP contribution in [0.5, 0.6) is 0 Å². The number of carbonyl (C=O) groups is 3. The van der Waals surface area contributed by atoms with Gasteiger partial charge in [0.15, 0.2) is 12.4 Å². The van der Waals surface area contributed by atoms with E-state index in [1.54, 1.807) is 0 Å². The summed E-state index contributed by atoms with van der Waals surface area (Å²) in [6, 6.07) is 0. The molecule has 2 unspecified atom stereocenters. The van der Waals surface area contributed by atoms with E-state index in [-0.39, 0.29) is 38.6 Å². The molecule has 9 heteroatoms. The van der Waals surface area contributed by atoms with Gasteiger partial charge in [0.05, 0.1) is 40.3 Å². The quantitative estimate of drug-likeness (QED) is 0.0195. The van der Waals surface area contributed by atoms with Crippen molar-refractivity contribution in [1.29, 1.82) is 0 Å². The first-order chi connectivity index (χ1) is 40.6. The molecule has 0 rings (SSSR count). The van der Waals surface area contributed by atoms with E-state index in [0.717, 1.165) is 116 Å². The number of carboxylic acid groups (broad SMARTS) is 1. The summed E-state index contributed by atoms with van der Waals surface area (Å²) < 4.78 is 22.8. The van der Waals surface area contributed by atoms with Crippen LogP contribution < -0.4 is 5.11 Å². The lowest BCUT2D eigenvalue weighted by molar-refractivity contribution is -0.870. The lowest BCUT2D eigenvalue weighted by atomic mass is 10.0. The molecule has 0 aromatic heterocycles. The van der Waals surface area contributed by atoms with Crippen LogP contribution in [-0.4, -0.2) is 82.3 Å². The molecule has 0 saturated heterocycles. The molecule has 0 aromatic carbocycles. The monoisotopic (exact) mass is 1160 g/mol. The minimum atomic E-state index is -1.63. The first kappa shape index (κ1) is 78.7. The molecule has 9 nitrogen and oxygen atoms in total. The summed E-state index contributed by atoms with van der Waals surface area (Å²) >= 11 is 0. The van der Waals surface area contributed by atoms with Gasteiger partial charge >= 0.3 is 11.9 Å². The fourth-order valence-electron chi connectivity index (χ4n) is 9.12. The zero-order valence-corrected chi connectivity index (χ0v) is 54.0. The number of quaternary nitrogens is 1. The molecule has 0 aliphatic rings. The van der Waals surface area contributed by atoms with Crippen molar-refractivity contribution in [3.05, 3.63) is 122 Å². The Morgan fingerprint density at radius 1 is 0.361 bits per heavy atom. The highest BCUT2D eigenvalue weighted by Crippen LogP contribution is 2.17. The number of likely N-dealkylation sites (N-methyl/N-ethyl adjacent to an activating group) is 1. The highest BCUT2D eigenvalue weighted by Gasteiger charge is 2.22. The minimum Gasteiger partial charge on any atom is -0.545 e. The molecule has 0 aliphatic heterocycles. The van der Waals surface area contributed by atoms with Crippen LogP contribution in [0.4, 0.5) is 0 Å². The number of carboxylic acids is 1. The number of esters is 2. The number of nitrogens with zero attached hydrogens (tertiary/aromatic N) is 1. The van der Waals surface area contributed by atoms with Gasteiger partial charge in [-0.2, -0.15) is 0 Å². The van der Waals surface area contributed by atoms with Crippen LogP contribution in [0, 0.1) is 0 Å². The molecule has 0 heterocycles. The maximum Gasteiger partial charge on any atom is 0.306 e. The molecule has 0 spiro atoms. The summed E-state index contributed by atoms with van der Waals surface area (Å²) in [5.74, 6) is -2.29. The van der Waals surface area contributed by atoms with E-state index in [0.29, 0.717) is 17.4 Å². The fourth-order valence-corrected chi connectivity index (χ4v) is 9.12. The van der Waals surface area contributed by atoms with Crippen molar-refractivity contribution < 1.29 is 42.9 Å². The molecule has 0 aromatic rings. The van der Waals surface area contributed by atoms with Crippen molar-refractivity contribution in [3.8, 4) is 0 Å². The highest BCUT2D eigenvalue weighted by atomic mass is 16.7. The Kier molecular flexibility index (Phi) is 60.4. The van der Waals surface area contributed by atoms with Crippen molar-refractivity contribution in [1.82, 2.24) is 0 Å². The lowest BCUT2D eigenvalue weighted by Crippen LogP contribution is -2.44. The number of aliphatic carboxylic acids is 1. The summed E-state index contributed by atoms with van der Waals surface area (Å²) in [5.41, 5.74) is 0. The Morgan fingerprint density at radius 2 is 0.651 bits per heavy atom. The summed E-state index contributed by atoms with van der Waals surface area (Å²) in [4.78, 5) is 37.5. The van der Waals surface area contributed by atoms with Crippen molar-refractivity contribution in [2.24, 2.45) is 0 Å². The molecular weight excluding hydrogens is 1030 g/mol. The molecule has 0 amide bonds. The average Bonchev–Trinajstić information content (AvgIpc) is 3.46. The number of hydrogen-bond acceptors (Lipinski definition) is 8. The zero-order chi connectivity index (χ0) is 60.5. The maximum absolute atomic E-state index is 12.9. The summed E-state index contributed by atoms with van der Waals surface area (Å²) in [5, 5.41) is 11.8. The van der Waals surface area contributed by atoms with Gasteiger partial charge in [0.2, 0.25) is 0 Å². The predicted octanol–water partition coefficient (Wildman–Crippen LogP) is 19.5. The number of hydrogen-bond donors (Lipinski definition) is 0. The third-order valence-corrected chi connectivity index (χ3v) is 14.2. The van der Waals surface area contributed by atoms with Gasteiger partial charge in [-0.05, 0) is 103 Å². The molecule has 0 saturated carbocycles. The lowest BCUT2D eigenvalue weighted by Gasteiger charge is -2.26. The molecule has 0 bridgehead atoms. The van der Waals surface area contributed by atoms with Crippen molar-refractivity contribution in [2.45, 2.75) is 283 Å². The van der Waals surface area contributed by atoms with Gasteiger partial charge in [-0.25, -0.2) is 0 Å². The predicted molar refractivity (Wildman–Crippen MR) is 352 cm³/mol. The van der Waals surface area contributed by atoms with Crippen LogP contribution in [0.25, 0.3) is 0 Å². The normalized spacial score (nSPS) is 13.5. The molecule has 2 atom stereocenters. The first-order valence-corrected chi connectivity index (χ1v) is 33.7. The number of rotatable bonds is 61.